The lowest BCUT2D eigenvalue weighted by Gasteiger charge is -2.11. The molecule has 1 aliphatic carbocycles. The van der Waals surface area contributed by atoms with Gasteiger partial charge in [0.2, 0.25) is 0 Å². The van der Waals surface area contributed by atoms with Gasteiger partial charge < -0.3 is 5.73 Å². The van der Waals surface area contributed by atoms with Crippen molar-refractivity contribution in [1.29, 1.82) is 0 Å². The summed E-state index contributed by atoms with van der Waals surface area (Å²) in [6, 6.07) is 3.93. The monoisotopic (exact) mass is 197 g/mol. The average Bonchev–Trinajstić information content (AvgIpc) is 2.83. The lowest BCUT2D eigenvalue weighted by Crippen LogP contribution is -2.22. The second-order valence-corrected chi connectivity index (χ2v) is 3.98. The first kappa shape index (κ1) is 9.59. The van der Waals surface area contributed by atoms with Gasteiger partial charge in [-0.15, -0.1) is 0 Å². The van der Waals surface area contributed by atoms with Crippen molar-refractivity contribution in [2.45, 2.75) is 25.3 Å². The Kier molecular flexibility index (Phi) is 2.07. The van der Waals surface area contributed by atoms with Crippen LogP contribution in [0.2, 0.25) is 0 Å². The molecule has 1 aromatic carbocycles. The van der Waals surface area contributed by atoms with Crippen LogP contribution in [-0.2, 0) is 5.54 Å². The van der Waals surface area contributed by atoms with Crippen LogP contribution in [-0.4, -0.2) is 0 Å². The number of rotatable bonds is 2. The lowest BCUT2D eigenvalue weighted by molar-refractivity contribution is 0.502. The predicted octanol–water partition coefficient (Wildman–Crippen LogP) is 2.55. The van der Waals surface area contributed by atoms with Gasteiger partial charge in [0.1, 0.15) is 0 Å². The van der Waals surface area contributed by atoms with Gasteiger partial charge in [0.05, 0.1) is 0 Å². The summed E-state index contributed by atoms with van der Waals surface area (Å²) < 4.78 is 25.6. The highest BCUT2D eigenvalue weighted by atomic mass is 19.2. The highest BCUT2D eigenvalue weighted by molar-refractivity contribution is 5.32. The van der Waals surface area contributed by atoms with Crippen molar-refractivity contribution < 1.29 is 8.78 Å². The van der Waals surface area contributed by atoms with Crippen LogP contribution in [0.1, 0.15) is 25.3 Å². The largest absolute Gasteiger partial charge is 0.321 e. The first-order chi connectivity index (χ1) is 6.58. The van der Waals surface area contributed by atoms with Crippen LogP contribution < -0.4 is 5.73 Å². The molecule has 1 fully saturated rings. The molecule has 0 spiro atoms. The molecule has 3 heteroatoms. The van der Waals surface area contributed by atoms with Crippen molar-refractivity contribution in [1.82, 2.24) is 0 Å². The van der Waals surface area contributed by atoms with E-state index in [1.54, 1.807) is 6.07 Å². The Hall–Kier alpha value is -0.960. The van der Waals surface area contributed by atoms with E-state index in [4.69, 9.17) is 5.73 Å². The van der Waals surface area contributed by atoms with Gasteiger partial charge in [0, 0.05) is 5.54 Å². The van der Waals surface area contributed by atoms with Gasteiger partial charge in [-0.3, -0.25) is 0 Å². The average molecular weight is 197 g/mol. The van der Waals surface area contributed by atoms with Crippen molar-refractivity contribution in [2.75, 3.05) is 0 Å². The fourth-order valence-electron chi connectivity index (χ4n) is 2.00. The second-order valence-electron chi connectivity index (χ2n) is 3.98. The summed E-state index contributed by atoms with van der Waals surface area (Å²) in [5, 5.41) is 0. The molecule has 2 atom stereocenters. The SMILES string of the molecule is CCC1CC1(N)c1ccc(F)c(F)c1. The first-order valence-corrected chi connectivity index (χ1v) is 4.82. The van der Waals surface area contributed by atoms with Crippen LogP contribution in [0.25, 0.3) is 0 Å². The maximum atomic E-state index is 12.9. The third-order valence-corrected chi connectivity index (χ3v) is 3.10. The number of halogens is 2. The predicted molar refractivity (Wildman–Crippen MR) is 50.6 cm³/mol. The zero-order chi connectivity index (χ0) is 10.3. The van der Waals surface area contributed by atoms with E-state index < -0.39 is 17.2 Å². The van der Waals surface area contributed by atoms with Gasteiger partial charge >= 0.3 is 0 Å². The molecule has 0 amide bonds. The molecule has 2 unspecified atom stereocenters. The van der Waals surface area contributed by atoms with Crippen LogP contribution in [0.5, 0.6) is 0 Å². The van der Waals surface area contributed by atoms with E-state index >= 15 is 0 Å². The van der Waals surface area contributed by atoms with Crippen LogP contribution in [0.4, 0.5) is 8.78 Å². The fourth-order valence-corrected chi connectivity index (χ4v) is 2.00. The van der Waals surface area contributed by atoms with Crippen LogP contribution >= 0.6 is 0 Å². The number of nitrogens with two attached hydrogens (primary N) is 1. The minimum atomic E-state index is -0.814. The van der Waals surface area contributed by atoms with Crippen LogP contribution in [0.3, 0.4) is 0 Å². The highest BCUT2D eigenvalue weighted by Gasteiger charge is 2.50. The van der Waals surface area contributed by atoms with Crippen LogP contribution in [0, 0.1) is 17.6 Å². The molecule has 1 aliphatic rings. The van der Waals surface area contributed by atoms with E-state index in [9.17, 15) is 8.78 Å². The fraction of sp³-hybridized carbons (Fsp3) is 0.455. The summed E-state index contributed by atoms with van der Waals surface area (Å²) in [6.07, 6.45) is 1.85. The molecular weight excluding hydrogens is 184 g/mol. The summed E-state index contributed by atoms with van der Waals surface area (Å²) in [7, 11) is 0. The molecule has 2 rings (SSSR count). The van der Waals surface area contributed by atoms with Crippen molar-refractivity contribution in [3.8, 4) is 0 Å². The third-order valence-electron chi connectivity index (χ3n) is 3.10. The molecular formula is C11H13F2N. The van der Waals surface area contributed by atoms with E-state index in [0.717, 1.165) is 18.9 Å². The molecule has 0 aromatic heterocycles. The summed E-state index contributed by atoms with van der Waals surface area (Å²) in [4.78, 5) is 0. The molecule has 2 N–H and O–H groups in total. The Morgan fingerprint density at radius 3 is 2.64 bits per heavy atom. The van der Waals surface area contributed by atoms with E-state index in [1.807, 2.05) is 0 Å². The normalized spacial score (nSPS) is 30.4. The van der Waals surface area contributed by atoms with Gasteiger partial charge in [-0.1, -0.05) is 19.4 Å². The van der Waals surface area contributed by atoms with Crippen molar-refractivity contribution in [2.24, 2.45) is 11.7 Å². The molecule has 1 saturated carbocycles. The highest BCUT2D eigenvalue weighted by Crippen LogP contribution is 2.51. The zero-order valence-corrected chi connectivity index (χ0v) is 8.06. The van der Waals surface area contributed by atoms with E-state index in [-0.39, 0.29) is 0 Å². The van der Waals surface area contributed by atoms with Gasteiger partial charge in [0.25, 0.3) is 0 Å². The summed E-state index contributed by atoms with van der Waals surface area (Å²) in [5.41, 5.74) is 6.35. The minimum Gasteiger partial charge on any atom is -0.321 e. The zero-order valence-electron chi connectivity index (χ0n) is 8.06. The van der Waals surface area contributed by atoms with E-state index in [0.29, 0.717) is 11.5 Å². The van der Waals surface area contributed by atoms with Gasteiger partial charge in [0.15, 0.2) is 11.6 Å². The molecule has 1 aromatic rings. The Morgan fingerprint density at radius 2 is 2.14 bits per heavy atom. The Bertz CT molecular complexity index is 364. The molecule has 76 valence electrons. The Labute approximate surface area is 81.9 Å². The molecule has 0 aliphatic heterocycles. The number of hydrogen-bond acceptors (Lipinski definition) is 1. The number of benzene rings is 1. The molecule has 0 radical (unpaired) electrons. The maximum Gasteiger partial charge on any atom is 0.159 e. The van der Waals surface area contributed by atoms with E-state index in [1.165, 1.54) is 6.07 Å². The standard InChI is InChI=1S/C11H13F2N/c1-2-7-6-11(7,14)8-3-4-9(12)10(13)5-8/h3-5,7H,2,6,14H2,1H3. The number of hydrogen-bond donors (Lipinski definition) is 1. The first-order valence-electron chi connectivity index (χ1n) is 4.82. The lowest BCUT2D eigenvalue weighted by atomic mass is 10.0. The van der Waals surface area contributed by atoms with Crippen LogP contribution in [0.15, 0.2) is 18.2 Å². The van der Waals surface area contributed by atoms with Gasteiger partial charge in [-0.25, -0.2) is 8.78 Å². The molecule has 1 nitrogen and oxygen atoms in total. The van der Waals surface area contributed by atoms with Crippen molar-refractivity contribution in [3.05, 3.63) is 35.4 Å². The topological polar surface area (TPSA) is 26.0 Å². The summed E-state index contributed by atoms with van der Waals surface area (Å²) in [5.74, 6) is -1.22. The van der Waals surface area contributed by atoms with E-state index in [2.05, 4.69) is 6.92 Å². The summed E-state index contributed by atoms with van der Waals surface area (Å²) >= 11 is 0. The molecule has 0 saturated heterocycles. The minimum absolute atomic E-state index is 0.410. The Balaban J connectivity index is 2.31. The second kappa shape index (κ2) is 3.02. The van der Waals surface area contributed by atoms with Crippen molar-refractivity contribution in [3.63, 3.8) is 0 Å². The smallest absolute Gasteiger partial charge is 0.159 e. The quantitative estimate of drug-likeness (QED) is 0.774. The molecule has 0 heterocycles. The third kappa shape index (κ3) is 1.32. The van der Waals surface area contributed by atoms with Crippen molar-refractivity contribution >= 4 is 0 Å². The van der Waals surface area contributed by atoms with Gasteiger partial charge in [-0.05, 0) is 30.0 Å². The van der Waals surface area contributed by atoms with Gasteiger partial charge in [-0.2, -0.15) is 0 Å². The molecule has 14 heavy (non-hydrogen) atoms. The molecule has 0 bridgehead atoms. The summed E-state index contributed by atoms with van der Waals surface area (Å²) in [6.45, 7) is 2.05. The Morgan fingerprint density at radius 1 is 1.43 bits per heavy atom. The maximum absolute atomic E-state index is 12.9.